The number of amides is 1. The lowest BCUT2D eigenvalue weighted by atomic mass is 10.1. The van der Waals surface area contributed by atoms with Gasteiger partial charge in [0.25, 0.3) is 0 Å². The van der Waals surface area contributed by atoms with Gasteiger partial charge in [-0.25, -0.2) is 4.79 Å². The Morgan fingerprint density at radius 2 is 2.10 bits per heavy atom. The number of hydrogen-bond donors (Lipinski definition) is 2. The molecule has 0 aliphatic carbocycles. The highest BCUT2D eigenvalue weighted by atomic mass is 16.6. The van der Waals surface area contributed by atoms with Gasteiger partial charge in [0.2, 0.25) is 11.6 Å². The highest BCUT2D eigenvalue weighted by Crippen LogP contribution is 2.19. The maximum Gasteiger partial charge on any atom is 0.363 e. The van der Waals surface area contributed by atoms with Crippen LogP contribution in [0.15, 0.2) is 6.20 Å². The molecule has 0 fully saturated rings. The second kappa shape index (κ2) is 6.82. The quantitative estimate of drug-likeness (QED) is 0.575. The average Bonchev–Trinajstić information content (AvgIpc) is 2.82. The number of aromatic nitrogens is 2. The molecule has 0 aliphatic heterocycles. The van der Waals surface area contributed by atoms with Gasteiger partial charge >= 0.3 is 11.7 Å². The summed E-state index contributed by atoms with van der Waals surface area (Å²) in [7, 11) is 0. The first-order valence-corrected chi connectivity index (χ1v) is 6.48. The third kappa shape index (κ3) is 4.26. The van der Waals surface area contributed by atoms with Crippen LogP contribution in [0, 0.1) is 16.0 Å². The molecule has 1 heterocycles. The number of hydrogen-bond acceptors (Lipinski definition) is 5. The van der Waals surface area contributed by atoms with E-state index in [1.807, 2.05) is 13.8 Å². The van der Waals surface area contributed by atoms with Gasteiger partial charge in [-0.2, -0.15) is 5.10 Å². The summed E-state index contributed by atoms with van der Waals surface area (Å²) in [6, 6.07) is -0.830. The van der Waals surface area contributed by atoms with E-state index in [4.69, 9.17) is 5.11 Å². The van der Waals surface area contributed by atoms with Crippen molar-refractivity contribution in [1.29, 1.82) is 0 Å². The zero-order valence-electron chi connectivity index (χ0n) is 12.1. The van der Waals surface area contributed by atoms with Crippen LogP contribution >= 0.6 is 0 Å². The standard InChI is InChI=1S/C12H18N4O5/c1-7(2)4-5-13-11(17)8(3)15-6-9(16(20)21)10(14-15)12(18)19/h6-8H,4-5H2,1-3H3,(H,13,17)(H,18,19). The number of nitro groups is 1. The molecule has 116 valence electrons. The molecule has 1 unspecified atom stereocenters. The summed E-state index contributed by atoms with van der Waals surface area (Å²) in [5, 5.41) is 25.9. The lowest BCUT2D eigenvalue weighted by Gasteiger charge is -2.13. The number of carboxylic acids is 1. The largest absolute Gasteiger partial charge is 0.476 e. The zero-order valence-corrected chi connectivity index (χ0v) is 12.1. The molecule has 0 aromatic carbocycles. The molecular formula is C12H18N4O5. The number of aromatic carboxylic acids is 1. The van der Waals surface area contributed by atoms with Crippen LogP contribution in [0.5, 0.6) is 0 Å². The highest BCUT2D eigenvalue weighted by Gasteiger charge is 2.28. The molecule has 1 aromatic heterocycles. The summed E-state index contributed by atoms with van der Waals surface area (Å²) in [6.07, 6.45) is 1.76. The molecule has 9 nitrogen and oxygen atoms in total. The van der Waals surface area contributed by atoms with E-state index < -0.39 is 28.3 Å². The van der Waals surface area contributed by atoms with E-state index in [1.165, 1.54) is 6.92 Å². The summed E-state index contributed by atoms with van der Waals surface area (Å²) in [4.78, 5) is 32.7. The van der Waals surface area contributed by atoms with Crippen LogP contribution < -0.4 is 5.32 Å². The van der Waals surface area contributed by atoms with Crippen LogP contribution in [0.1, 0.15) is 43.7 Å². The van der Waals surface area contributed by atoms with Crippen molar-refractivity contribution < 1.29 is 19.6 Å². The Labute approximate surface area is 121 Å². The molecule has 1 rings (SSSR count). The lowest BCUT2D eigenvalue weighted by molar-refractivity contribution is -0.385. The summed E-state index contributed by atoms with van der Waals surface area (Å²) < 4.78 is 0.992. The van der Waals surface area contributed by atoms with E-state index in [0.29, 0.717) is 12.5 Å². The van der Waals surface area contributed by atoms with Crippen molar-refractivity contribution in [1.82, 2.24) is 15.1 Å². The van der Waals surface area contributed by atoms with Crippen molar-refractivity contribution in [2.24, 2.45) is 5.92 Å². The lowest BCUT2D eigenvalue weighted by Crippen LogP contribution is -2.32. The molecule has 1 aromatic rings. The van der Waals surface area contributed by atoms with Crippen LogP contribution in [0.2, 0.25) is 0 Å². The van der Waals surface area contributed by atoms with E-state index in [0.717, 1.165) is 17.3 Å². The molecule has 0 saturated carbocycles. The fourth-order valence-corrected chi connectivity index (χ4v) is 1.62. The van der Waals surface area contributed by atoms with Crippen LogP contribution in [0.25, 0.3) is 0 Å². The molecular weight excluding hydrogens is 280 g/mol. The average molecular weight is 298 g/mol. The van der Waals surface area contributed by atoms with Crippen LogP contribution in [-0.2, 0) is 4.79 Å². The molecule has 1 atom stereocenters. The zero-order chi connectivity index (χ0) is 16.2. The molecule has 21 heavy (non-hydrogen) atoms. The summed E-state index contributed by atoms with van der Waals surface area (Å²) in [6.45, 7) is 6.01. The number of nitrogens with zero attached hydrogens (tertiary/aromatic N) is 3. The summed E-state index contributed by atoms with van der Waals surface area (Å²) >= 11 is 0. The first-order chi connectivity index (χ1) is 9.73. The van der Waals surface area contributed by atoms with Gasteiger partial charge in [-0.15, -0.1) is 0 Å². The van der Waals surface area contributed by atoms with Crippen LogP contribution in [-0.4, -0.2) is 38.2 Å². The fourth-order valence-electron chi connectivity index (χ4n) is 1.62. The maximum atomic E-state index is 11.9. The van der Waals surface area contributed by atoms with Gasteiger partial charge in [-0.1, -0.05) is 13.8 Å². The highest BCUT2D eigenvalue weighted by molar-refractivity contribution is 5.90. The first kappa shape index (κ1) is 16.6. The number of carbonyl (C=O) groups excluding carboxylic acids is 1. The Balaban J connectivity index is 2.85. The summed E-state index contributed by atoms with van der Waals surface area (Å²) in [5.74, 6) is -1.44. The van der Waals surface area contributed by atoms with E-state index in [9.17, 15) is 19.7 Å². The minimum atomic E-state index is -1.51. The van der Waals surface area contributed by atoms with Crippen molar-refractivity contribution in [3.63, 3.8) is 0 Å². The molecule has 0 aliphatic rings. The predicted molar refractivity (Wildman–Crippen MR) is 73.0 cm³/mol. The second-order valence-corrected chi connectivity index (χ2v) is 5.05. The number of carbonyl (C=O) groups is 2. The van der Waals surface area contributed by atoms with Gasteiger partial charge in [0.1, 0.15) is 12.2 Å². The molecule has 0 bridgehead atoms. The normalized spacial score (nSPS) is 12.2. The Bertz CT molecular complexity index is 520. The van der Waals surface area contributed by atoms with Gasteiger partial charge in [0, 0.05) is 6.54 Å². The monoisotopic (exact) mass is 298 g/mol. The minimum Gasteiger partial charge on any atom is -0.476 e. The molecule has 0 radical (unpaired) electrons. The Morgan fingerprint density at radius 1 is 1.48 bits per heavy atom. The third-order valence-corrected chi connectivity index (χ3v) is 2.91. The van der Waals surface area contributed by atoms with E-state index in [1.54, 1.807) is 0 Å². The van der Waals surface area contributed by atoms with Gasteiger partial charge in [-0.3, -0.25) is 19.6 Å². The molecule has 2 N–H and O–H groups in total. The molecule has 0 spiro atoms. The molecule has 1 amide bonds. The van der Waals surface area contributed by atoms with Crippen molar-refractivity contribution in [2.75, 3.05) is 6.54 Å². The van der Waals surface area contributed by atoms with Crippen molar-refractivity contribution in [3.05, 3.63) is 22.0 Å². The van der Waals surface area contributed by atoms with Crippen molar-refractivity contribution in [3.8, 4) is 0 Å². The number of carboxylic acid groups (broad SMARTS) is 1. The van der Waals surface area contributed by atoms with Crippen LogP contribution in [0.3, 0.4) is 0 Å². The number of nitrogens with one attached hydrogen (secondary N) is 1. The van der Waals surface area contributed by atoms with Crippen molar-refractivity contribution in [2.45, 2.75) is 33.2 Å². The van der Waals surface area contributed by atoms with E-state index >= 15 is 0 Å². The first-order valence-electron chi connectivity index (χ1n) is 6.48. The SMILES string of the molecule is CC(C)CCNC(=O)C(C)n1cc([N+](=O)[O-])c(C(=O)O)n1. The predicted octanol–water partition coefficient (Wildman–Crippen LogP) is 1.21. The smallest absolute Gasteiger partial charge is 0.363 e. The summed E-state index contributed by atoms with van der Waals surface area (Å²) in [5.41, 5.74) is -1.31. The minimum absolute atomic E-state index is 0.370. The molecule has 9 heteroatoms. The van der Waals surface area contributed by atoms with Gasteiger partial charge < -0.3 is 10.4 Å². The third-order valence-electron chi connectivity index (χ3n) is 2.91. The molecule has 0 saturated heterocycles. The van der Waals surface area contributed by atoms with Crippen LogP contribution in [0.4, 0.5) is 5.69 Å². The van der Waals surface area contributed by atoms with Gasteiger partial charge in [0.15, 0.2) is 0 Å². The Hall–Kier alpha value is -2.45. The fraction of sp³-hybridized carbons (Fsp3) is 0.583. The second-order valence-electron chi connectivity index (χ2n) is 5.05. The van der Waals surface area contributed by atoms with Gasteiger partial charge in [-0.05, 0) is 19.3 Å². The number of rotatable bonds is 7. The maximum absolute atomic E-state index is 11.9. The van der Waals surface area contributed by atoms with E-state index in [2.05, 4.69) is 10.4 Å². The Morgan fingerprint density at radius 3 is 2.52 bits per heavy atom. The Kier molecular flexibility index (Phi) is 5.39. The van der Waals surface area contributed by atoms with Gasteiger partial charge in [0.05, 0.1) is 4.92 Å². The topological polar surface area (TPSA) is 127 Å². The van der Waals surface area contributed by atoms with E-state index in [-0.39, 0.29) is 5.91 Å². The van der Waals surface area contributed by atoms with Crippen molar-refractivity contribution >= 4 is 17.6 Å².